The van der Waals surface area contributed by atoms with Crippen molar-refractivity contribution in [2.24, 2.45) is 0 Å². The van der Waals surface area contributed by atoms with Gasteiger partial charge in [-0.15, -0.1) is 0 Å². The van der Waals surface area contributed by atoms with E-state index < -0.39 is 0 Å². The Kier molecular flexibility index (Phi) is 7.66. The predicted octanol–water partition coefficient (Wildman–Crippen LogP) is 4.72. The second-order valence-corrected chi connectivity index (χ2v) is 6.99. The Morgan fingerprint density at radius 1 is 1.12 bits per heavy atom. The van der Waals surface area contributed by atoms with Gasteiger partial charge < -0.3 is 9.64 Å². The Morgan fingerprint density at radius 3 is 2.31 bits per heavy atom. The normalized spacial score (nSPS) is 13.1. The summed E-state index contributed by atoms with van der Waals surface area (Å²) in [6.45, 7) is 7.48. The molecule has 0 saturated carbocycles. The molecule has 0 aromatic heterocycles. The Bertz CT molecular complexity index is 717. The third-order valence-corrected chi connectivity index (χ3v) is 5.17. The topological polar surface area (TPSA) is 41.6 Å². The van der Waals surface area contributed by atoms with Crippen molar-refractivity contribution in [3.8, 4) is 5.75 Å². The van der Waals surface area contributed by atoms with Gasteiger partial charge in [0, 0.05) is 19.1 Å². The van der Waals surface area contributed by atoms with Crippen LogP contribution in [0.15, 0.2) is 53.0 Å². The van der Waals surface area contributed by atoms with Gasteiger partial charge in [-0.25, -0.2) is 0 Å². The minimum atomic E-state index is -0.382. The molecule has 0 aliphatic heterocycles. The van der Waals surface area contributed by atoms with E-state index in [-0.39, 0.29) is 18.0 Å². The number of nitrogens with one attached hydrogen (secondary N) is 1. The molecule has 4 nitrogen and oxygen atoms in total. The summed E-state index contributed by atoms with van der Waals surface area (Å²) in [6, 6.07) is 15.5. The summed E-state index contributed by atoms with van der Waals surface area (Å²) >= 11 is 3.53. The number of amides is 1. The number of likely N-dealkylation sites (N-methyl/N-ethyl adjacent to an activating group) is 1. The molecule has 0 radical (unpaired) electrons. The lowest BCUT2D eigenvalue weighted by molar-refractivity contribution is -0.133. The lowest BCUT2D eigenvalue weighted by atomic mass is 10.0. The molecule has 1 N–H and O–H groups in total. The molecule has 0 aliphatic carbocycles. The van der Waals surface area contributed by atoms with Crippen molar-refractivity contribution >= 4 is 21.8 Å². The number of hydrogen-bond acceptors (Lipinski definition) is 3. The van der Waals surface area contributed by atoms with Crippen LogP contribution in [0.5, 0.6) is 5.75 Å². The smallest absolute Gasteiger partial charge is 0.244 e. The minimum absolute atomic E-state index is 0.00178. The molecule has 1 amide bonds. The summed E-state index contributed by atoms with van der Waals surface area (Å²) in [5.74, 6) is 0.889. The first-order valence-electron chi connectivity index (χ1n) is 8.95. The first-order valence-corrected chi connectivity index (χ1v) is 9.74. The van der Waals surface area contributed by atoms with Gasteiger partial charge >= 0.3 is 0 Å². The van der Waals surface area contributed by atoms with E-state index in [4.69, 9.17) is 4.74 Å². The summed E-state index contributed by atoms with van der Waals surface area (Å²) in [4.78, 5) is 14.9. The van der Waals surface area contributed by atoms with E-state index in [2.05, 4.69) is 28.2 Å². The number of hydrogen-bond donors (Lipinski definition) is 1. The zero-order valence-corrected chi connectivity index (χ0v) is 17.4. The molecule has 5 heteroatoms. The third-order valence-electron chi connectivity index (χ3n) is 4.55. The van der Waals surface area contributed by atoms with Crippen LogP contribution in [-0.4, -0.2) is 31.0 Å². The van der Waals surface area contributed by atoms with Gasteiger partial charge in [-0.05, 0) is 60.0 Å². The fourth-order valence-corrected chi connectivity index (χ4v) is 3.53. The molecule has 2 aromatic rings. The number of benzene rings is 2. The first-order chi connectivity index (χ1) is 12.5. The SMILES string of the molecule is CCN(CC)C(=O)[C@H](N[C@H](C)c1ccc(OC)c(Br)c1)c1ccccc1. The van der Waals surface area contributed by atoms with Gasteiger partial charge in [-0.2, -0.15) is 0 Å². The highest BCUT2D eigenvalue weighted by atomic mass is 79.9. The summed E-state index contributed by atoms with van der Waals surface area (Å²) in [6.07, 6.45) is 0. The van der Waals surface area contributed by atoms with Gasteiger partial charge in [0.05, 0.1) is 11.6 Å². The van der Waals surface area contributed by atoms with E-state index in [1.165, 1.54) is 0 Å². The quantitative estimate of drug-likeness (QED) is 0.674. The van der Waals surface area contributed by atoms with Crippen molar-refractivity contribution in [3.05, 3.63) is 64.1 Å². The maximum Gasteiger partial charge on any atom is 0.244 e. The summed E-state index contributed by atoms with van der Waals surface area (Å²) in [7, 11) is 1.65. The van der Waals surface area contributed by atoms with Crippen molar-refractivity contribution in [2.45, 2.75) is 32.9 Å². The van der Waals surface area contributed by atoms with Crippen molar-refractivity contribution in [1.82, 2.24) is 10.2 Å². The summed E-state index contributed by atoms with van der Waals surface area (Å²) in [5, 5.41) is 3.51. The molecule has 2 aromatic carbocycles. The van der Waals surface area contributed by atoms with Crippen LogP contribution in [0.3, 0.4) is 0 Å². The number of methoxy groups -OCH3 is 1. The van der Waals surface area contributed by atoms with E-state index in [1.807, 2.05) is 67.3 Å². The second kappa shape index (κ2) is 9.74. The summed E-state index contributed by atoms with van der Waals surface area (Å²) < 4.78 is 6.20. The van der Waals surface area contributed by atoms with Gasteiger partial charge in [-0.1, -0.05) is 36.4 Å². The number of halogens is 1. The Hall–Kier alpha value is -1.85. The van der Waals surface area contributed by atoms with Crippen molar-refractivity contribution < 1.29 is 9.53 Å². The Labute approximate surface area is 164 Å². The van der Waals surface area contributed by atoms with Crippen molar-refractivity contribution in [2.75, 3.05) is 20.2 Å². The molecule has 0 fully saturated rings. The molecular weight excluding hydrogens is 392 g/mol. The van der Waals surface area contributed by atoms with Crippen LogP contribution in [-0.2, 0) is 4.79 Å². The minimum Gasteiger partial charge on any atom is -0.496 e. The standard InChI is InChI=1S/C21H27BrN2O2/c1-5-24(6-2)21(25)20(16-10-8-7-9-11-16)23-15(3)17-12-13-19(26-4)18(22)14-17/h7-15,20,23H,5-6H2,1-4H3/t15-,20-/m1/s1. The van der Waals surface area contributed by atoms with E-state index in [0.29, 0.717) is 13.1 Å². The van der Waals surface area contributed by atoms with Crippen LogP contribution in [0.25, 0.3) is 0 Å². The predicted molar refractivity (Wildman–Crippen MR) is 109 cm³/mol. The molecule has 0 bridgehead atoms. The highest BCUT2D eigenvalue weighted by molar-refractivity contribution is 9.10. The number of rotatable bonds is 8. The molecule has 0 unspecified atom stereocenters. The van der Waals surface area contributed by atoms with Gasteiger partial charge in [0.2, 0.25) is 5.91 Å². The molecule has 2 atom stereocenters. The van der Waals surface area contributed by atoms with Crippen LogP contribution in [0, 0.1) is 0 Å². The second-order valence-electron chi connectivity index (χ2n) is 6.14. The monoisotopic (exact) mass is 418 g/mol. The Morgan fingerprint density at radius 2 is 1.77 bits per heavy atom. The van der Waals surface area contributed by atoms with Crippen molar-refractivity contribution in [1.29, 1.82) is 0 Å². The molecule has 0 heterocycles. The van der Waals surface area contributed by atoms with Crippen molar-refractivity contribution in [3.63, 3.8) is 0 Å². The fourth-order valence-electron chi connectivity index (χ4n) is 2.97. The van der Waals surface area contributed by atoms with Crippen LogP contribution >= 0.6 is 15.9 Å². The van der Waals surface area contributed by atoms with Gasteiger partial charge in [0.25, 0.3) is 0 Å². The van der Waals surface area contributed by atoms with E-state index in [1.54, 1.807) is 7.11 Å². The lowest BCUT2D eigenvalue weighted by Crippen LogP contribution is -2.41. The summed E-state index contributed by atoms with van der Waals surface area (Å²) in [5.41, 5.74) is 2.06. The number of carbonyl (C=O) groups is 1. The molecular formula is C21H27BrN2O2. The lowest BCUT2D eigenvalue weighted by Gasteiger charge is -2.29. The molecule has 0 saturated heterocycles. The third kappa shape index (κ3) is 4.86. The number of nitrogens with zero attached hydrogens (tertiary/aromatic N) is 1. The van der Waals surface area contributed by atoms with Gasteiger partial charge in [0.1, 0.15) is 11.8 Å². The molecule has 140 valence electrons. The van der Waals surface area contributed by atoms with Crippen LogP contribution in [0.4, 0.5) is 0 Å². The van der Waals surface area contributed by atoms with E-state index in [9.17, 15) is 4.79 Å². The van der Waals surface area contributed by atoms with Gasteiger partial charge in [-0.3, -0.25) is 10.1 Å². The maximum atomic E-state index is 13.1. The zero-order valence-electron chi connectivity index (χ0n) is 15.8. The average molecular weight is 419 g/mol. The maximum absolute atomic E-state index is 13.1. The molecule has 2 rings (SSSR count). The number of ether oxygens (including phenoxy) is 1. The largest absolute Gasteiger partial charge is 0.496 e. The highest BCUT2D eigenvalue weighted by Gasteiger charge is 2.26. The molecule has 0 aliphatic rings. The van der Waals surface area contributed by atoms with Gasteiger partial charge in [0.15, 0.2) is 0 Å². The zero-order chi connectivity index (χ0) is 19.1. The highest BCUT2D eigenvalue weighted by Crippen LogP contribution is 2.29. The first kappa shape index (κ1) is 20.5. The number of carbonyl (C=O) groups excluding carboxylic acids is 1. The molecule has 26 heavy (non-hydrogen) atoms. The Balaban J connectivity index is 2.28. The van der Waals surface area contributed by atoms with E-state index >= 15 is 0 Å². The average Bonchev–Trinajstić information content (AvgIpc) is 2.67. The fraction of sp³-hybridized carbons (Fsp3) is 0.381. The van der Waals surface area contributed by atoms with Crippen LogP contribution in [0.2, 0.25) is 0 Å². The molecule has 0 spiro atoms. The van der Waals surface area contributed by atoms with Crippen LogP contribution < -0.4 is 10.1 Å². The van der Waals surface area contributed by atoms with Crippen LogP contribution in [0.1, 0.15) is 44.0 Å². The van der Waals surface area contributed by atoms with E-state index in [0.717, 1.165) is 21.3 Å².